The van der Waals surface area contributed by atoms with Crippen LogP contribution in [0.5, 0.6) is 5.75 Å². The quantitative estimate of drug-likeness (QED) is 0.233. The molecule has 22 heavy (non-hydrogen) atoms. The lowest BCUT2D eigenvalue weighted by atomic mass is 10.0. The van der Waals surface area contributed by atoms with E-state index in [4.69, 9.17) is 9.26 Å². The van der Waals surface area contributed by atoms with E-state index in [0.717, 1.165) is 18.4 Å². The third-order valence-corrected chi connectivity index (χ3v) is 3.91. The second kappa shape index (κ2) is 12.6. The molecule has 0 radical (unpaired) electrons. The number of aryl methyl sites for hydroxylation is 1. The maximum absolute atomic E-state index is 11.7. The number of para-hydroxylation sites is 1. The molecule has 0 aliphatic heterocycles. The highest BCUT2D eigenvalue weighted by Crippen LogP contribution is 2.21. The maximum atomic E-state index is 11.7. The van der Waals surface area contributed by atoms with E-state index in [1.54, 1.807) is 0 Å². The third-order valence-electron chi connectivity index (χ3n) is 3.67. The molecule has 0 saturated carbocycles. The summed E-state index contributed by atoms with van der Waals surface area (Å²) in [6, 6.07) is 7.82. The molecule has 1 unspecified atom stereocenters. The maximum Gasteiger partial charge on any atom is 0.313 e. The lowest BCUT2D eigenvalue weighted by Gasteiger charge is -2.10. The van der Waals surface area contributed by atoms with Crippen LogP contribution < -0.4 is 4.74 Å². The zero-order valence-electron chi connectivity index (χ0n) is 13.7. The highest BCUT2D eigenvalue weighted by molar-refractivity contribution is 7.09. The van der Waals surface area contributed by atoms with Crippen molar-refractivity contribution in [3.8, 4) is 5.75 Å². The molecule has 124 valence electrons. The minimum Gasteiger partial charge on any atom is -0.426 e. The molecule has 4 heteroatoms. The van der Waals surface area contributed by atoms with Crippen LogP contribution in [0.4, 0.5) is 0 Å². The van der Waals surface area contributed by atoms with Gasteiger partial charge in [0.2, 0.25) is 0 Å². The highest BCUT2D eigenvalue weighted by Gasteiger charge is 2.08. The minimum atomic E-state index is -0.241. The predicted molar refractivity (Wildman–Crippen MR) is 94.1 cm³/mol. The molecule has 1 rings (SSSR count). The van der Waals surface area contributed by atoms with Crippen LogP contribution >= 0.6 is 9.47 Å². The molecule has 0 N–H and O–H groups in total. The van der Waals surface area contributed by atoms with Crippen LogP contribution in [0.15, 0.2) is 24.3 Å². The van der Waals surface area contributed by atoms with E-state index < -0.39 is 0 Å². The van der Waals surface area contributed by atoms with E-state index in [9.17, 15) is 4.79 Å². The standard InChI is InChI=1S/C18H29O3P/c1-2-3-4-5-6-7-8-11-16-12-9-10-13-17(16)21-18(19)14-15-20-22/h9-10,12-13H,2-8,11,14-15,22H2,1H3. The predicted octanol–water partition coefficient (Wildman–Crippen LogP) is 5.08. The normalized spacial score (nSPS) is 10.6. The fraction of sp³-hybridized carbons (Fsp3) is 0.611. The lowest BCUT2D eigenvalue weighted by molar-refractivity contribution is -0.134. The molecular weight excluding hydrogens is 295 g/mol. The number of benzene rings is 1. The Morgan fingerprint density at radius 2 is 1.73 bits per heavy atom. The first-order valence-electron chi connectivity index (χ1n) is 8.38. The second-order valence-corrected chi connectivity index (χ2v) is 5.91. The summed E-state index contributed by atoms with van der Waals surface area (Å²) in [6.07, 6.45) is 10.3. The molecule has 0 aliphatic carbocycles. The Hall–Kier alpha value is -0.920. The molecule has 0 aromatic heterocycles. The summed E-state index contributed by atoms with van der Waals surface area (Å²) in [4.78, 5) is 11.7. The van der Waals surface area contributed by atoms with Gasteiger partial charge in [0.25, 0.3) is 0 Å². The Balaban J connectivity index is 2.32. The number of unbranched alkanes of at least 4 members (excludes halogenated alkanes) is 6. The number of carbonyl (C=O) groups is 1. The van der Waals surface area contributed by atoms with Gasteiger partial charge in [0, 0.05) is 9.47 Å². The van der Waals surface area contributed by atoms with Gasteiger partial charge in [0.1, 0.15) is 5.75 Å². The van der Waals surface area contributed by atoms with E-state index in [0.29, 0.717) is 12.4 Å². The number of carbonyl (C=O) groups excluding carboxylic acids is 1. The minimum absolute atomic E-state index is 0.241. The summed E-state index contributed by atoms with van der Waals surface area (Å²) < 4.78 is 10.2. The van der Waals surface area contributed by atoms with E-state index >= 15 is 0 Å². The van der Waals surface area contributed by atoms with Crippen molar-refractivity contribution < 1.29 is 14.1 Å². The Morgan fingerprint density at radius 1 is 1.05 bits per heavy atom. The molecule has 0 bridgehead atoms. The molecule has 0 fully saturated rings. The molecule has 0 amide bonds. The van der Waals surface area contributed by atoms with Crippen molar-refractivity contribution in [2.75, 3.05) is 6.61 Å². The summed E-state index contributed by atoms with van der Waals surface area (Å²) in [6.45, 7) is 2.60. The van der Waals surface area contributed by atoms with Crippen molar-refractivity contribution in [2.24, 2.45) is 0 Å². The van der Waals surface area contributed by atoms with Gasteiger partial charge in [-0.1, -0.05) is 63.6 Å². The van der Waals surface area contributed by atoms with Gasteiger partial charge in [-0.15, -0.1) is 0 Å². The molecule has 1 aromatic rings. The summed E-state index contributed by atoms with van der Waals surface area (Å²) in [5.74, 6) is 0.455. The van der Waals surface area contributed by atoms with Gasteiger partial charge < -0.3 is 9.26 Å². The van der Waals surface area contributed by atoms with Gasteiger partial charge in [0.15, 0.2) is 0 Å². The Bertz CT molecular complexity index is 421. The molecule has 0 saturated heterocycles. The van der Waals surface area contributed by atoms with Crippen LogP contribution in [-0.2, 0) is 15.7 Å². The first kappa shape index (κ1) is 19.1. The Kier molecular flexibility index (Phi) is 11.0. The average Bonchev–Trinajstić information content (AvgIpc) is 2.53. The van der Waals surface area contributed by atoms with Crippen LogP contribution in [-0.4, -0.2) is 12.6 Å². The van der Waals surface area contributed by atoms with Crippen molar-refractivity contribution >= 4 is 15.4 Å². The monoisotopic (exact) mass is 324 g/mol. The first-order chi connectivity index (χ1) is 10.8. The summed E-state index contributed by atoms with van der Waals surface area (Å²) in [5.41, 5.74) is 1.12. The number of hydrogen-bond donors (Lipinski definition) is 0. The van der Waals surface area contributed by atoms with Crippen molar-refractivity contribution in [2.45, 2.75) is 64.7 Å². The highest BCUT2D eigenvalue weighted by atomic mass is 31.0. The van der Waals surface area contributed by atoms with Gasteiger partial charge in [-0.25, -0.2) is 0 Å². The Labute approximate surface area is 137 Å². The smallest absolute Gasteiger partial charge is 0.313 e. The van der Waals surface area contributed by atoms with Gasteiger partial charge in [-0.05, 0) is 24.5 Å². The summed E-state index contributed by atoms with van der Waals surface area (Å²) in [7, 11) is 2.14. The first-order valence-corrected chi connectivity index (χ1v) is 8.85. The van der Waals surface area contributed by atoms with Crippen LogP contribution in [0.1, 0.15) is 63.9 Å². The number of esters is 1. The van der Waals surface area contributed by atoms with E-state index in [-0.39, 0.29) is 12.4 Å². The van der Waals surface area contributed by atoms with Crippen LogP contribution in [0, 0.1) is 0 Å². The molecule has 3 nitrogen and oxygen atoms in total. The molecule has 0 heterocycles. The molecule has 1 atom stereocenters. The largest absolute Gasteiger partial charge is 0.426 e. The van der Waals surface area contributed by atoms with Crippen molar-refractivity contribution in [3.05, 3.63) is 29.8 Å². The summed E-state index contributed by atoms with van der Waals surface area (Å²) in [5, 5.41) is 0. The zero-order valence-corrected chi connectivity index (χ0v) is 14.8. The molecular formula is C18H29O3P. The molecule has 0 aliphatic rings. The van der Waals surface area contributed by atoms with E-state index in [1.807, 2.05) is 24.3 Å². The van der Waals surface area contributed by atoms with Crippen molar-refractivity contribution in [1.82, 2.24) is 0 Å². The van der Waals surface area contributed by atoms with Crippen LogP contribution in [0.2, 0.25) is 0 Å². The average molecular weight is 324 g/mol. The van der Waals surface area contributed by atoms with Crippen molar-refractivity contribution in [1.29, 1.82) is 0 Å². The lowest BCUT2D eigenvalue weighted by Crippen LogP contribution is -2.11. The van der Waals surface area contributed by atoms with Crippen LogP contribution in [0.3, 0.4) is 0 Å². The fourth-order valence-electron chi connectivity index (χ4n) is 2.40. The van der Waals surface area contributed by atoms with Crippen LogP contribution in [0.25, 0.3) is 0 Å². The second-order valence-electron chi connectivity index (χ2n) is 5.57. The van der Waals surface area contributed by atoms with E-state index in [2.05, 4.69) is 16.4 Å². The molecule has 0 spiro atoms. The Morgan fingerprint density at radius 3 is 2.45 bits per heavy atom. The number of hydrogen-bond acceptors (Lipinski definition) is 3. The topological polar surface area (TPSA) is 35.5 Å². The van der Waals surface area contributed by atoms with E-state index in [1.165, 1.54) is 38.5 Å². The van der Waals surface area contributed by atoms with Gasteiger partial charge in [-0.3, -0.25) is 4.79 Å². The third kappa shape index (κ3) is 8.51. The number of ether oxygens (including phenoxy) is 1. The van der Waals surface area contributed by atoms with Gasteiger partial charge in [-0.2, -0.15) is 0 Å². The number of rotatable bonds is 12. The fourth-order valence-corrected chi connectivity index (χ4v) is 2.52. The molecule has 1 aromatic carbocycles. The van der Waals surface area contributed by atoms with Gasteiger partial charge >= 0.3 is 5.97 Å². The zero-order chi connectivity index (χ0) is 16.0. The van der Waals surface area contributed by atoms with Crippen molar-refractivity contribution in [3.63, 3.8) is 0 Å². The SMILES string of the molecule is CCCCCCCCCc1ccccc1OC(=O)CCOP. The summed E-state index contributed by atoms with van der Waals surface area (Å²) >= 11 is 0. The van der Waals surface area contributed by atoms with Gasteiger partial charge in [0.05, 0.1) is 13.0 Å².